The molecule has 0 amide bonds. The van der Waals surface area contributed by atoms with Crippen LogP contribution in [0.2, 0.25) is 0 Å². The van der Waals surface area contributed by atoms with Crippen molar-refractivity contribution in [1.82, 2.24) is 19.9 Å². The van der Waals surface area contributed by atoms with Crippen molar-refractivity contribution in [3.05, 3.63) is 60.2 Å². The Morgan fingerprint density at radius 1 is 1.36 bits per heavy atom. The Morgan fingerprint density at radius 2 is 2.21 bits per heavy atom. The normalized spacial score (nSPS) is 20.8. The fraction of sp³-hybridized carbons (Fsp3) is 0.350. The molecule has 2 aromatic heterocycles. The summed E-state index contributed by atoms with van der Waals surface area (Å²) in [6.07, 6.45) is 6.61. The van der Waals surface area contributed by atoms with Crippen LogP contribution in [0.25, 0.3) is 11.0 Å². The summed E-state index contributed by atoms with van der Waals surface area (Å²) >= 11 is 0. The van der Waals surface area contributed by atoms with Gasteiger partial charge in [0.25, 0.3) is 0 Å². The minimum atomic E-state index is -0.499. The van der Waals surface area contributed by atoms with E-state index in [0.29, 0.717) is 18.5 Å². The number of hydrogen-bond donors (Lipinski definition) is 3. The van der Waals surface area contributed by atoms with Crippen molar-refractivity contribution >= 4 is 16.9 Å². The quantitative estimate of drug-likeness (QED) is 0.371. The van der Waals surface area contributed by atoms with Gasteiger partial charge in [-0.05, 0) is 13.1 Å². The Morgan fingerprint density at radius 3 is 2.96 bits per heavy atom. The molecular formula is C20H22FN5OU. The van der Waals surface area contributed by atoms with E-state index in [4.69, 9.17) is 5.73 Å². The van der Waals surface area contributed by atoms with Gasteiger partial charge in [0.05, 0.1) is 5.39 Å². The molecule has 4 N–H and O–H groups in total. The number of nitrogens with zero attached hydrogens (tertiary/aromatic N) is 3. The molecule has 28 heavy (non-hydrogen) atoms. The molecule has 1 saturated carbocycles. The first-order valence-electron chi connectivity index (χ1n) is 9.10. The average Bonchev–Trinajstić information content (AvgIpc) is 3.26. The number of nitrogen functional groups attached to an aromatic ring is 1. The Bertz CT molecular complexity index is 922. The molecule has 5 rings (SSSR count). The first-order chi connectivity index (χ1) is 13.1. The van der Waals surface area contributed by atoms with Crippen LogP contribution in [0.1, 0.15) is 30.0 Å². The molecule has 3 heterocycles. The molecule has 6 nitrogen and oxygen atoms in total. The van der Waals surface area contributed by atoms with Crippen molar-refractivity contribution in [2.45, 2.75) is 38.0 Å². The first kappa shape index (κ1) is 21.3. The van der Waals surface area contributed by atoms with Crippen LogP contribution in [0.15, 0.2) is 30.7 Å². The van der Waals surface area contributed by atoms with Gasteiger partial charge in [0.1, 0.15) is 17.8 Å². The molecule has 1 aliphatic heterocycles. The van der Waals surface area contributed by atoms with Gasteiger partial charge in [-0.25, -0.2) is 14.4 Å². The van der Waals surface area contributed by atoms with Crippen molar-refractivity contribution in [2.24, 2.45) is 0 Å². The number of anilines is 1. The van der Waals surface area contributed by atoms with E-state index in [2.05, 4.69) is 33.5 Å². The van der Waals surface area contributed by atoms with Crippen LogP contribution in [0.5, 0.6) is 0 Å². The number of fused-ring (bicyclic) bond motifs is 2. The van der Waals surface area contributed by atoms with Crippen molar-refractivity contribution in [3.8, 4) is 0 Å². The van der Waals surface area contributed by atoms with Crippen LogP contribution < -0.4 is 11.1 Å². The van der Waals surface area contributed by atoms with E-state index < -0.39 is 11.9 Å². The number of hydrogen-bond acceptors (Lipinski definition) is 5. The molecule has 1 fully saturated rings. The predicted molar refractivity (Wildman–Crippen MR) is 101 cm³/mol. The second kappa shape index (κ2) is 9.36. The van der Waals surface area contributed by atoms with E-state index in [1.807, 2.05) is 12.5 Å². The standard InChI is InChI=1S/C11H12FN4O.C9H10N.U/c12-6-4-16(7-2-1-3-8(7)17)11-9(6)10(13)14-5-15-11;1-2-4-9-7-10-6-5-8(9)3-1;/h1,4-5,7-8,17H,2-3H2,(H2,13,14,15);1-3,10H,5-7H2;/q2*-1;+2/t7?,8-;;/m1../s1. The fourth-order valence-electron chi connectivity index (χ4n) is 3.71. The zero-order chi connectivity index (χ0) is 18.8. The van der Waals surface area contributed by atoms with E-state index in [0.717, 1.165) is 19.5 Å². The van der Waals surface area contributed by atoms with Crippen molar-refractivity contribution in [1.29, 1.82) is 0 Å². The number of nitrogens with two attached hydrogens (primary N) is 1. The molecule has 2 aliphatic rings. The largest absolute Gasteiger partial charge is 2.00 e. The zero-order valence-electron chi connectivity index (χ0n) is 15.4. The second-order valence-electron chi connectivity index (χ2n) is 6.84. The summed E-state index contributed by atoms with van der Waals surface area (Å²) in [5.74, 6) is -0.320. The predicted octanol–water partition coefficient (Wildman–Crippen LogP) is 2.19. The number of benzene rings is 1. The molecule has 1 aliphatic carbocycles. The number of aliphatic hydroxyl groups excluding tert-OH is 1. The summed E-state index contributed by atoms with van der Waals surface area (Å²) in [6.45, 7) is 2.11. The van der Waals surface area contributed by atoms with Gasteiger partial charge in [-0.15, -0.1) is 5.56 Å². The minimum Gasteiger partial charge on any atom is -0.394 e. The number of aliphatic hydroxyl groups is 1. The Kier molecular flexibility index (Phi) is 7.11. The fourth-order valence-corrected chi connectivity index (χ4v) is 3.71. The summed E-state index contributed by atoms with van der Waals surface area (Å²) in [5, 5.41) is 13.4. The van der Waals surface area contributed by atoms with Gasteiger partial charge in [0.15, 0.2) is 5.82 Å². The third kappa shape index (κ3) is 4.25. The van der Waals surface area contributed by atoms with Crippen LogP contribution >= 0.6 is 0 Å². The molecule has 0 spiro atoms. The van der Waals surface area contributed by atoms with Gasteiger partial charge >= 0.3 is 31.1 Å². The van der Waals surface area contributed by atoms with E-state index >= 15 is 0 Å². The Labute approximate surface area is 187 Å². The molecule has 0 saturated heterocycles. The number of rotatable bonds is 1. The smallest absolute Gasteiger partial charge is 0.394 e. The van der Waals surface area contributed by atoms with Gasteiger partial charge in [-0.1, -0.05) is 6.42 Å². The molecule has 2 atom stereocenters. The van der Waals surface area contributed by atoms with Crippen LogP contribution in [-0.2, 0) is 13.0 Å². The third-order valence-corrected chi connectivity index (χ3v) is 5.12. The van der Waals surface area contributed by atoms with Crippen molar-refractivity contribution in [3.63, 3.8) is 0 Å². The Balaban J connectivity index is 0.000000175. The third-order valence-electron chi connectivity index (χ3n) is 5.12. The number of aromatic nitrogens is 3. The maximum Gasteiger partial charge on any atom is 2.00 e. The minimum absolute atomic E-state index is 0. The van der Waals surface area contributed by atoms with Gasteiger partial charge < -0.3 is 27.1 Å². The molecule has 1 unspecified atom stereocenters. The zero-order valence-corrected chi connectivity index (χ0v) is 19.6. The molecule has 144 valence electrons. The molecule has 3 aromatic rings. The topological polar surface area (TPSA) is 89.0 Å². The molecule has 0 radical (unpaired) electrons. The monoisotopic (exact) mass is 605 g/mol. The summed E-state index contributed by atoms with van der Waals surface area (Å²) in [5.41, 5.74) is 8.87. The van der Waals surface area contributed by atoms with E-state index in [-0.39, 0.29) is 48.4 Å². The SMILES string of the molecule is Nc1ncnc2c1c(F)cn2C1C[CH-]C[C@H]1O.[U+2].[c-]1cccc2c1CNCC2. The van der Waals surface area contributed by atoms with Gasteiger partial charge in [0.2, 0.25) is 0 Å². The molecule has 0 bridgehead atoms. The van der Waals surface area contributed by atoms with Crippen molar-refractivity contribution in [2.75, 3.05) is 12.3 Å². The van der Waals surface area contributed by atoms with E-state index in [9.17, 15) is 9.50 Å². The molecule has 1 aromatic carbocycles. The maximum atomic E-state index is 13.8. The maximum absolute atomic E-state index is 13.8. The van der Waals surface area contributed by atoms with Crippen LogP contribution in [0.4, 0.5) is 10.2 Å². The summed E-state index contributed by atoms with van der Waals surface area (Å²) < 4.78 is 15.4. The van der Waals surface area contributed by atoms with Crippen LogP contribution in [0, 0.1) is 49.4 Å². The number of nitrogens with one attached hydrogen (secondary N) is 1. The van der Waals surface area contributed by atoms with Crippen molar-refractivity contribution < 1.29 is 40.6 Å². The van der Waals surface area contributed by atoms with E-state index in [1.165, 1.54) is 23.7 Å². The van der Waals surface area contributed by atoms with Crippen LogP contribution in [0.3, 0.4) is 0 Å². The van der Waals surface area contributed by atoms with Crippen LogP contribution in [-0.4, -0.2) is 32.3 Å². The van der Waals surface area contributed by atoms with Gasteiger partial charge in [-0.2, -0.15) is 42.7 Å². The summed E-state index contributed by atoms with van der Waals surface area (Å²) in [7, 11) is 0. The average molecular weight is 605 g/mol. The van der Waals surface area contributed by atoms with E-state index in [1.54, 1.807) is 4.57 Å². The first-order valence-corrected chi connectivity index (χ1v) is 9.10. The summed E-state index contributed by atoms with van der Waals surface area (Å²) in [4.78, 5) is 7.82. The van der Waals surface area contributed by atoms with Gasteiger partial charge in [0, 0.05) is 18.3 Å². The molecule has 8 heteroatoms. The van der Waals surface area contributed by atoms with Gasteiger partial charge in [-0.3, -0.25) is 0 Å². The molecular weight excluding hydrogens is 583 g/mol. The Hall–Kier alpha value is -1.46. The summed E-state index contributed by atoms with van der Waals surface area (Å²) in [6, 6.07) is 9.28. The second-order valence-corrected chi connectivity index (χ2v) is 6.84. The number of halogens is 1.